The molecule has 0 saturated carbocycles. The first-order valence-electron chi connectivity index (χ1n) is 6.85. The molecule has 1 aliphatic heterocycles. The van der Waals surface area contributed by atoms with Gasteiger partial charge in [-0.2, -0.15) is 5.10 Å². The Labute approximate surface area is 118 Å². The molecule has 5 nitrogen and oxygen atoms in total. The second-order valence-corrected chi connectivity index (χ2v) is 4.92. The summed E-state index contributed by atoms with van der Waals surface area (Å²) in [6, 6.07) is 6.02. The number of hydrogen-bond donors (Lipinski definition) is 1. The maximum absolute atomic E-state index is 5.74. The predicted molar refractivity (Wildman–Crippen MR) is 77.0 cm³/mol. The third-order valence-electron chi connectivity index (χ3n) is 3.29. The SMILES string of the molecule is CNCc1cn(C)nc1-c1ccc2c(c1)OCCCO2. The lowest BCUT2D eigenvalue weighted by Crippen LogP contribution is -2.05. The third-order valence-corrected chi connectivity index (χ3v) is 3.29. The van der Waals surface area contributed by atoms with Gasteiger partial charge in [-0.05, 0) is 25.2 Å². The summed E-state index contributed by atoms with van der Waals surface area (Å²) in [7, 11) is 3.87. The Bertz CT molecular complexity index is 607. The van der Waals surface area contributed by atoms with Crippen molar-refractivity contribution in [3.63, 3.8) is 0 Å². The highest BCUT2D eigenvalue weighted by Crippen LogP contribution is 2.34. The molecule has 2 heterocycles. The molecule has 0 fully saturated rings. The number of hydrogen-bond acceptors (Lipinski definition) is 4. The minimum Gasteiger partial charge on any atom is -0.490 e. The normalized spacial score (nSPS) is 14.1. The van der Waals surface area contributed by atoms with Crippen LogP contribution in [0.2, 0.25) is 0 Å². The molecule has 1 aliphatic rings. The molecule has 0 amide bonds. The van der Waals surface area contributed by atoms with Crippen LogP contribution >= 0.6 is 0 Å². The highest BCUT2D eigenvalue weighted by molar-refractivity contribution is 5.66. The molecule has 5 heteroatoms. The van der Waals surface area contributed by atoms with Gasteiger partial charge in [0, 0.05) is 37.3 Å². The van der Waals surface area contributed by atoms with E-state index in [4.69, 9.17) is 9.47 Å². The van der Waals surface area contributed by atoms with Crippen molar-refractivity contribution in [1.29, 1.82) is 0 Å². The van der Waals surface area contributed by atoms with Crippen LogP contribution in [0.25, 0.3) is 11.3 Å². The molecule has 106 valence electrons. The van der Waals surface area contributed by atoms with Gasteiger partial charge in [-0.25, -0.2) is 0 Å². The summed E-state index contributed by atoms with van der Waals surface area (Å²) in [5.41, 5.74) is 3.21. The van der Waals surface area contributed by atoms with Gasteiger partial charge in [0.2, 0.25) is 0 Å². The molecule has 20 heavy (non-hydrogen) atoms. The number of rotatable bonds is 3. The third kappa shape index (κ3) is 2.49. The van der Waals surface area contributed by atoms with E-state index in [1.54, 1.807) is 0 Å². The van der Waals surface area contributed by atoms with E-state index in [2.05, 4.69) is 10.4 Å². The van der Waals surface area contributed by atoms with E-state index in [0.29, 0.717) is 13.2 Å². The molecular weight excluding hydrogens is 254 g/mol. The van der Waals surface area contributed by atoms with Crippen LogP contribution in [0.15, 0.2) is 24.4 Å². The summed E-state index contributed by atoms with van der Waals surface area (Å²) in [5.74, 6) is 1.62. The maximum atomic E-state index is 5.74. The van der Waals surface area contributed by atoms with Crippen molar-refractivity contribution in [2.45, 2.75) is 13.0 Å². The van der Waals surface area contributed by atoms with Crippen LogP contribution in [0, 0.1) is 0 Å². The van der Waals surface area contributed by atoms with E-state index >= 15 is 0 Å². The smallest absolute Gasteiger partial charge is 0.161 e. The van der Waals surface area contributed by atoms with Crippen molar-refractivity contribution in [1.82, 2.24) is 15.1 Å². The van der Waals surface area contributed by atoms with Crippen molar-refractivity contribution in [2.75, 3.05) is 20.3 Å². The molecule has 1 aromatic carbocycles. The first-order chi connectivity index (χ1) is 9.78. The average Bonchev–Trinajstić information content (AvgIpc) is 2.68. The maximum Gasteiger partial charge on any atom is 0.161 e. The zero-order valence-corrected chi connectivity index (χ0v) is 11.8. The molecule has 1 aromatic heterocycles. The Morgan fingerprint density at radius 3 is 2.85 bits per heavy atom. The number of aryl methyl sites for hydroxylation is 1. The Hall–Kier alpha value is -2.01. The second-order valence-electron chi connectivity index (χ2n) is 4.92. The van der Waals surface area contributed by atoms with Crippen LogP contribution in [-0.2, 0) is 13.6 Å². The lowest BCUT2D eigenvalue weighted by Gasteiger charge is -2.09. The molecule has 0 bridgehead atoms. The van der Waals surface area contributed by atoms with Crippen LogP contribution in [-0.4, -0.2) is 30.0 Å². The zero-order valence-electron chi connectivity index (χ0n) is 11.8. The molecule has 0 saturated heterocycles. The minimum atomic E-state index is 0.696. The second kappa shape index (κ2) is 5.54. The molecule has 0 atom stereocenters. The predicted octanol–water partition coefficient (Wildman–Crippen LogP) is 1.97. The monoisotopic (exact) mass is 273 g/mol. The summed E-state index contributed by atoms with van der Waals surface area (Å²) in [4.78, 5) is 0. The number of benzene rings is 1. The van der Waals surface area contributed by atoms with Gasteiger partial charge in [0.15, 0.2) is 11.5 Å². The van der Waals surface area contributed by atoms with E-state index in [9.17, 15) is 0 Å². The van der Waals surface area contributed by atoms with Crippen molar-refractivity contribution in [3.05, 3.63) is 30.0 Å². The summed E-state index contributed by atoms with van der Waals surface area (Å²) >= 11 is 0. The molecule has 2 aromatic rings. The number of fused-ring (bicyclic) bond motifs is 1. The average molecular weight is 273 g/mol. The van der Waals surface area contributed by atoms with Gasteiger partial charge in [0.25, 0.3) is 0 Å². The standard InChI is InChI=1S/C15H19N3O2/c1-16-9-12-10-18(2)17-15(12)11-4-5-13-14(8-11)20-7-3-6-19-13/h4-5,8,10,16H,3,6-7,9H2,1-2H3. The van der Waals surface area contributed by atoms with E-state index in [0.717, 1.165) is 35.7 Å². The van der Waals surface area contributed by atoms with Crippen LogP contribution in [0.3, 0.4) is 0 Å². The molecule has 1 N–H and O–H groups in total. The van der Waals surface area contributed by atoms with E-state index in [1.807, 2.05) is 43.2 Å². The molecule has 0 radical (unpaired) electrons. The fourth-order valence-electron chi connectivity index (χ4n) is 2.41. The van der Waals surface area contributed by atoms with Crippen molar-refractivity contribution in [2.24, 2.45) is 7.05 Å². The fourth-order valence-corrected chi connectivity index (χ4v) is 2.41. The number of ether oxygens (including phenoxy) is 2. The van der Waals surface area contributed by atoms with Gasteiger partial charge in [-0.3, -0.25) is 4.68 Å². The Morgan fingerprint density at radius 2 is 2.05 bits per heavy atom. The van der Waals surface area contributed by atoms with Gasteiger partial charge in [-0.15, -0.1) is 0 Å². The summed E-state index contributed by atoms with van der Waals surface area (Å²) in [5, 5.41) is 7.72. The van der Waals surface area contributed by atoms with Crippen molar-refractivity contribution in [3.8, 4) is 22.8 Å². The number of nitrogens with one attached hydrogen (secondary N) is 1. The van der Waals surface area contributed by atoms with Gasteiger partial charge in [-0.1, -0.05) is 0 Å². The van der Waals surface area contributed by atoms with E-state index in [1.165, 1.54) is 5.56 Å². The Balaban J connectivity index is 2.00. The van der Waals surface area contributed by atoms with Crippen molar-refractivity contribution < 1.29 is 9.47 Å². The first-order valence-corrected chi connectivity index (χ1v) is 6.85. The van der Waals surface area contributed by atoms with E-state index in [-0.39, 0.29) is 0 Å². The van der Waals surface area contributed by atoms with E-state index < -0.39 is 0 Å². The lowest BCUT2D eigenvalue weighted by molar-refractivity contribution is 0.297. The number of nitrogens with zero attached hydrogens (tertiary/aromatic N) is 2. The van der Waals surface area contributed by atoms with Gasteiger partial charge < -0.3 is 14.8 Å². The summed E-state index contributed by atoms with van der Waals surface area (Å²) in [6.45, 7) is 2.20. The van der Waals surface area contributed by atoms with Crippen LogP contribution in [0.1, 0.15) is 12.0 Å². The fraction of sp³-hybridized carbons (Fsp3) is 0.400. The highest BCUT2D eigenvalue weighted by atomic mass is 16.5. The quantitative estimate of drug-likeness (QED) is 0.929. The zero-order chi connectivity index (χ0) is 13.9. The van der Waals surface area contributed by atoms with Crippen LogP contribution < -0.4 is 14.8 Å². The minimum absolute atomic E-state index is 0.696. The highest BCUT2D eigenvalue weighted by Gasteiger charge is 2.15. The number of aromatic nitrogens is 2. The van der Waals surface area contributed by atoms with Gasteiger partial charge in [0.05, 0.1) is 18.9 Å². The topological polar surface area (TPSA) is 48.3 Å². The summed E-state index contributed by atoms with van der Waals surface area (Å²) in [6.07, 6.45) is 2.95. The largest absolute Gasteiger partial charge is 0.490 e. The molecule has 0 spiro atoms. The summed E-state index contributed by atoms with van der Waals surface area (Å²) < 4.78 is 13.2. The van der Waals surface area contributed by atoms with Crippen molar-refractivity contribution >= 4 is 0 Å². The van der Waals surface area contributed by atoms with Gasteiger partial charge in [0.1, 0.15) is 0 Å². The van der Waals surface area contributed by atoms with Crippen LogP contribution in [0.5, 0.6) is 11.5 Å². The lowest BCUT2D eigenvalue weighted by atomic mass is 10.1. The Morgan fingerprint density at radius 1 is 1.25 bits per heavy atom. The van der Waals surface area contributed by atoms with Crippen LogP contribution in [0.4, 0.5) is 0 Å². The molecule has 0 aliphatic carbocycles. The first kappa shape index (κ1) is 13.0. The molecule has 3 rings (SSSR count). The Kier molecular flexibility index (Phi) is 3.60. The molecule has 0 unspecified atom stereocenters. The van der Waals surface area contributed by atoms with Gasteiger partial charge >= 0.3 is 0 Å². The molecular formula is C15H19N3O2.